The quantitative estimate of drug-likeness (QED) is 0.823. The molecule has 0 atom stereocenters. The summed E-state index contributed by atoms with van der Waals surface area (Å²) in [6.07, 6.45) is 2.89. The zero-order valence-electron chi connectivity index (χ0n) is 14.4. The van der Waals surface area contributed by atoms with E-state index in [0.29, 0.717) is 12.2 Å². The molecule has 0 fully saturated rings. The number of aromatic carboxylic acids is 1. The third-order valence-corrected chi connectivity index (χ3v) is 6.15. The first kappa shape index (κ1) is 17.0. The Hall–Kier alpha value is -1.85. The van der Waals surface area contributed by atoms with Crippen molar-refractivity contribution in [2.75, 3.05) is 18.6 Å². The van der Waals surface area contributed by atoms with Crippen molar-refractivity contribution in [3.05, 3.63) is 40.3 Å². The summed E-state index contributed by atoms with van der Waals surface area (Å²) in [4.78, 5) is 16.1. The Balaban J connectivity index is 2.21. The number of carbonyl (C=O) groups is 1. The fourth-order valence-corrected chi connectivity index (χ4v) is 4.78. The predicted molar refractivity (Wildman–Crippen MR) is 100.0 cm³/mol. The smallest absolute Gasteiger partial charge is 0.337 e. The van der Waals surface area contributed by atoms with Gasteiger partial charge in [0.2, 0.25) is 0 Å². The normalized spacial score (nSPS) is 15.8. The molecule has 1 heterocycles. The molecule has 0 aliphatic heterocycles. The van der Waals surface area contributed by atoms with Crippen molar-refractivity contribution in [3.8, 4) is 10.4 Å². The summed E-state index contributed by atoms with van der Waals surface area (Å²) in [6.45, 7) is 4.82. The van der Waals surface area contributed by atoms with Crippen LogP contribution in [0.15, 0.2) is 24.3 Å². The number of para-hydroxylation sites is 1. The summed E-state index contributed by atoms with van der Waals surface area (Å²) < 4.78 is 0. The average molecular weight is 344 g/mol. The van der Waals surface area contributed by atoms with Crippen LogP contribution in [0.2, 0.25) is 0 Å². The Morgan fingerprint density at radius 3 is 2.75 bits per heavy atom. The Morgan fingerprint density at radius 2 is 2.08 bits per heavy atom. The molecule has 1 aromatic heterocycles. The lowest BCUT2D eigenvalue weighted by atomic mass is 9.76. The Labute approximate surface area is 146 Å². The summed E-state index contributed by atoms with van der Waals surface area (Å²) in [5.74, 6) is -0.828. The summed E-state index contributed by atoms with van der Waals surface area (Å²) in [5.41, 5.74) is 9.40. The van der Waals surface area contributed by atoms with Gasteiger partial charge < -0.3 is 15.7 Å². The molecule has 3 N–H and O–H groups in total. The number of hydrogen-bond acceptors (Lipinski definition) is 4. The Bertz CT molecular complexity index is 780. The number of nitrogens with zero attached hydrogens (tertiary/aromatic N) is 1. The van der Waals surface area contributed by atoms with Crippen LogP contribution in [0.5, 0.6) is 0 Å². The Morgan fingerprint density at radius 1 is 1.38 bits per heavy atom. The van der Waals surface area contributed by atoms with Gasteiger partial charge in [0.25, 0.3) is 0 Å². The lowest BCUT2D eigenvalue weighted by Crippen LogP contribution is -2.25. The van der Waals surface area contributed by atoms with Gasteiger partial charge in [-0.15, -0.1) is 11.3 Å². The van der Waals surface area contributed by atoms with Crippen molar-refractivity contribution in [1.29, 1.82) is 0 Å². The van der Waals surface area contributed by atoms with E-state index in [1.165, 1.54) is 4.88 Å². The van der Waals surface area contributed by atoms with Crippen LogP contribution in [-0.2, 0) is 12.8 Å². The van der Waals surface area contributed by atoms with Crippen molar-refractivity contribution >= 4 is 23.0 Å². The van der Waals surface area contributed by atoms with E-state index in [9.17, 15) is 9.90 Å². The topological polar surface area (TPSA) is 66.6 Å². The van der Waals surface area contributed by atoms with Crippen molar-refractivity contribution < 1.29 is 9.90 Å². The maximum Gasteiger partial charge on any atom is 0.337 e. The minimum absolute atomic E-state index is 0.156. The largest absolute Gasteiger partial charge is 0.478 e. The first-order chi connectivity index (χ1) is 11.3. The monoisotopic (exact) mass is 344 g/mol. The van der Waals surface area contributed by atoms with Crippen LogP contribution in [0.4, 0.5) is 5.69 Å². The van der Waals surface area contributed by atoms with E-state index in [2.05, 4.69) is 13.8 Å². The van der Waals surface area contributed by atoms with Gasteiger partial charge >= 0.3 is 5.97 Å². The van der Waals surface area contributed by atoms with Gasteiger partial charge in [-0.3, -0.25) is 0 Å². The molecule has 128 valence electrons. The number of fused-ring (bicyclic) bond motifs is 1. The van der Waals surface area contributed by atoms with Crippen molar-refractivity contribution in [1.82, 2.24) is 0 Å². The molecule has 1 aliphatic rings. The summed E-state index contributed by atoms with van der Waals surface area (Å²) in [7, 11) is 1.93. The highest BCUT2D eigenvalue weighted by Crippen LogP contribution is 2.46. The molecule has 1 aromatic carbocycles. The molecule has 0 spiro atoms. The SMILES string of the molecule is CN(CN)c1ccccc1-c1sc2c(c1C(=O)O)CC(C)(C)CC2. The van der Waals surface area contributed by atoms with E-state index in [4.69, 9.17) is 5.73 Å². The minimum Gasteiger partial charge on any atom is -0.478 e. The van der Waals surface area contributed by atoms with Crippen LogP contribution in [0.3, 0.4) is 0 Å². The minimum atomic E-state index is -0.828. The van der Waals surface area contributed by atoms with E-state index in [0.717, 1.165) is 41.0 Å². The zero-order valence-corrected chi connectivity index (χ0v) is 15.2. The van der Waals surface area contributed by atoms with E-state index in [-0.39, 0.29) is 5.41 Å². The summed E-state index contributed by atoms with van der Waals surface area (Å²) in [5, 5.41) is 9.90. The highest BCUT2D eigenvalue weighted by Gasteiger charge is 2.33. The maximum atomic E-state index is 12.1. The van der Waals surface area contributed by atoms with Crippen molar-refractivity contribution in [2.45, 2.75) is 33.1 Å². The molecule has 0 unspecified atom stereocenters. The van der Waals surface area contributed by atoms with Crippen molar-refractivity contribution in [2.24, 2.45) is 11.1 Å². The number of thiophene rings is 1. The number of benzene rings is 1. The second kappa shape index (κ2) is 6.22. The second-order valence-electron chi connectivity index (χ2n) is 7.25. The molecule has 0 radical (unpaired) electrons. The van der Waals surface area contributed by atoms with Gasteiger partial charge in [-0.05, 0) is 36.3 Å². The number of aryl methyl sites for hydroxylation is 1. The first-order valence-corrected chi connectivity index (χ1v) is 9.04. The number of carboxylic acids is 1. The molecule has 0 amide bonds. The third kappa shape index (κ3) is 2.94. The highest BCUT2D eigenvalue weighted by molar-refractivity contribution is 7.16. The first-order valence-electron chi connectivity index (χ1n) is 8.22. The van der Waals surface area contributed by atoms with Crippen LogP contribution in [0.25, 0.3) is 10.4 Å². The van der Waals surface area contributed by atoms with Gasteiger partial charge in [0.15, 0.2) is 0 Å². The van der Waals surface area contributed by atoms with Gasteiger partial charge in [0, 0.05) is 23.2 Å². The molecule has 3 rings (SSSR count). The summed E-state index contributed by atoms with van der Waals surface area (Å²) in [6, 6.07) is 7.91. The lowest BCUT2D eigenvalue weighted by molar-refractivity contribution is 0.0696. The van der Waals surface area contributed by atoms with Crippen LogP contribution in [0, 0.1) is 5.41 Å². The van der Waals surface area contributed by atoms with Gasteiger partial charge in [-0.1, -0.05) is 32.0 Å². The van der Waals surface area contributed by atoms with Gasteiger partial charge in [0.1, 0.15) is 0 Å². The number of carboxylic acid groups (broad SMARTS) is 1. The number of rotatable bonds is 4. The van der Waals surface area contributed by atoms with Crippen LogP contribution in [0.1, 0.15) is 41.1 Å². The Kier molecular flexibility index (Phi) is 4.40. The number of hydrogen-bond donors (Lipinski definition) is 2. The van der Waals surface area contributed by atoms with Crippen molar-refractivity contribution in [3.63, 3.8) is 0 Å². The fourth-order valence-electron chi connectivity index (χ4n) is 3.43. The van der Waals surface area contributed by atoms with E-state index in [1.54, 1.807) is 11.3 Å². The standard InChI is InChI=1S/C19H24N2O2S/c1-19(2)9-8-15-13(10-19)16(18(22)23)17(24-15)12-6-4-5-7-14(12)21(3)11-20/h4-7H,8-11,20H2,1-3H3,(H,22,23). The molecule has 2 aromatic rings. The molecule has 0 bridgehead atoms. The summed E-state index contributed by atoms with van der Waals surface area (Å²) >= 11 is 1.64. The van der Waals surface area contributed by atoms with Gasteiger partial charge in [0.05, 0.1) is 17.1 Å². The van der Waals surface area contributed by atoms with Crippen LogP contribution >= 0.6 is 11.3 Å². The molecule has 0 saturated carbocycles. The average Bonchev–Trinajstić information content (AvgIpc) is 2.91. The van der Waals surface area contributed by atoms with E-state index >= 15 is 0 Å². The second-order valence-corrected chi connectivity index (χ2v) is 8.36. The van der Waals surface area contributed by atoms with Gasteiger partial charge in [-0.2, -0.15) is 0 Å². The maximum absolute atomic E-state index is 12.1. The highest BCUT2D eigenvalue weighted by atomic mass is 32.1. The molecule has 0 saturated heterocycles. The molecule has 5 heteroatoms. The van der Waals surface area contributed by atoms with E-state index < -0.39 is 5.97 Å². The van der Waals surface area contributed by atoms with Crippen LogP contribution < -0.4 is 10.6 Å². The molecule has 24 heavy (non-hydrogen) atoms. The van der Waals surface area contributed by atoms with Crippen LogP contribution in [-0.4, -0.2) is 24.8 Å². The molecular formula is C19H24N2O2S. The fraction of sp³-hybridized carbons (Fsp3) is 0.421. The predicted octanol–water partition coefficient (Wildman–Crippen LogP) is 3.98. The van der Waals surface area contributed by atoms with E-state index in [1.807, 2.05) is 36.2 Å². The van der Waals surface area contributed by atoms with Gasteiger partial charge in [-0.25, -0.2) is 4.79 Å². The third-order valence-electron chi connectivity index (χ3n) is 4.82. The molecule has 1 aliphatic carbocycles. The molecular weight excluding hydrogens is 320 g/mol. The number of anilines is 1. The number of nitrogens with two attached hydrogens (primary N) is 1. The lowest BCUT2D eigenvalue weighted by Gasteiger charge is -2.29. The molecule has 4 nitrogen and oxygen atoms in total. The zero-order chi connectivity index (χ0) is 17.5.